The molecule has 2 saturated carbocycles. The predicted octanol–water partition coefficient (Wildman–Crippen LogP) is 2.97. The molecule has 1 heterocycles. The van der Waals surface area contributed by atoms with Gasteiger partial charge in [0.05, 0.1) is 5.56 Å². The number of hydrogen-bond donors (Lipinski definition) is 1. The van der Waals surface area contributed by atoms with Gasteiger partial charge in [0.2, 0.25) is 11.8 Å². The van der Waals surface area contributed by atoms with Crippen molar-refractivity contribution in [3.05, 3.63) is 36.0 Å². The molecule has 130 valence electrons. The van der Waals surface area contributed by atoms with Crippen molar-refractivity contribution in [2.45, 2.75) is 50.7 Å². The molecule has 0 aliphatic heterocycles. The molecule has 5 nitrogen and oxygen atoms in total. The summed E-state index contributed by atoms with van der Waals surface area (Å²) < 4.78 is 5.91. The van der Waals surface area contributed by atoms with E-state index in [-0.39, 0.29) is 24.0 Å². The molecule has 25 heavy (non-hydrogen) atoms. The molecule has 1 N–H and O–H groups in total. The lowest BCUT2D eigenvalue weighted by Crippen LogP contribution is -2.43. The fraction of sp³-hybridized carbons (Fsp3) is 0.550. The Morgan fingerprint density at radius 1 is 1.20 bits per heavy atom. The van der Waals surface area contributed by atoms with Crippen LogP contribution >= 0.6 is 0 Å². The van der Waals surface area contributed by atoms with Crippen molar-refractivity contribution in [1.82, 2.24) is 10.3 Å². The van der Waals surface area contributed by atoms with Crippen molar-refractivity contribution in [3.63, 3.8) is 0 Å². The molecule has 1 amide bonds. The normalized spacial score (nSPS) is 33.0. The summed E-state index contributed by atoms with van der Waals surface area (Å²) in [6.45, 7) is 0. The summed E-state index contributed by atoms with van der Waals surface area (Å²) in [6, 6.07) is 5.79. The summed E-state index contributed by atoms with van der Waals surface area (Å²) in [5, 5.41) is 12.1. The van der Waals surface area contributed by atoms with Gasteiger partial charge in [0.25, 0.3) is 0 Å². The second-order valence-electron chi connectivity index (χ2n) is 7.48. The molecule has 0 unspecified atom stereocenters. The molecule has 0 radical (unpaired) electrons. The zero-order chi connectivity index (χ0) is 17.2. The van der Waals surface area contributed by atoms with Gasteiger partial charge in [-0.3, -0.25) is 4.79 Å². The van der Waals surface area contributed by atoms with Crippen LogP contribution in [0.5, 0.6) is 5.88 Å². The van der Waals surface area contributed by atoms with Crippen molar-refractivity contribution in [2.24, 2.45) is 17.8 Å². The lowest BCUT2D eigenvalue weighted by atomic mass is 9.90. The average molecular weight is 337 g/mol. The Morgan fingerprint density at radius 2 is 2.04 bits per heavy atom. The summed E-state index contributed by atoms with van der Waals surface area (Å²) in [5.74, 6) is 2.10. The van der Waals surface area contributed by atoms with Crippen LogP contribution in [0.4, 0.5) is 0 Å². The van der Waals surface area contributed by atoms with Crippen molar-refractivity contribution < 1.29 is 9.53 Å². The van der Waals surface area contributed by atoms with E-state index in [1.807, 2.05) is 0 Å². The van der Waals surface area contributed by atoms with E-state index in [0.717, 1.165) is 38.5 Å². The third-order valence-electron chi connectivity index (χ3n) is 5.79. The molecule has 2 fully saturated rings. The van der Waals surface area contributed by atoms with E-state index in [0.29, 0.717) is 23.3 Å². The minimum Gasteiger partial charge on any atom is -0.474 e. The van der Waals surface area contributed by atoms with E-state index < -0.39 is 0 Å². The Hall–Kier alpha value is -2.35. The number of fused-ring (bicyclic) bond motifs is 2. The standard InChI is InChI=1S/C20H23N3O2/c21-11-14-2-8-19(22-12-14)25-17-6-4-16(5-7-17)23-20(24)18-10-13-1-3-15(18)9-13/h1-3,8,12-13,15-18H,4-7,9-10H2,(H,23,24)/t13-,15-,16?,17?,18-/m0/s1. The number of rotatable bonds is 4. The van der Waals surface area contributed by atoms with Gasteiger partial charge < -0.3 is 10.1 Å². The molecule has 1 aromatic rings. The van der Waals surface area contributed by atoms with Gasteiger partial charge in [-0.1, -0.05) is 12.2 Å². The Balaban J connectivity index is 1.23. The number of nitrogens with zero attached hydrogens (tertiary/aromatic N) is 2. The average Bonchev–Trinajstić information content (AvgIpc) is 3.27. The van der Waals surface area contributed by atoms with Crippen LogP contribution in [0, 0.1) is 29.1 Å². The van der Waals surface area contributed by atoms with E-state index in [2.05, 4.69) is 28.5 Å². The van der Waals surface area contributed by atoms with Crippen LogP contribution in [0.1, 0.15) is 44.1 Å². The molecule has 3 atom stereocenters. The van der Waals surface area contributed by atoms with Crippen LogP contribution in [0.15, 0.2) is 30.5 Å². The molecule has 4 rings (SSSR count). The number of aromatic nitrogens is 1. The van der Waals surface area contributed by atoms with Gasteiger partial charge >= 0.3 is 0 Å². The van der Waals surface area contributed by atoms with Crippen molar-refractivity contribution in [3.8, 4) is 11.9 Å². The van der Waals surface area contributed by atoms with E-state index in [1.54, 1.807) is 12.1 Å². The first-order chi connectivity index (χ1) is 12.2. The second-order valence-corrected chi connectivity index (χ2v) is 7.48. The minimum absolute atomic E-state index is 0.138. The number of pyridine rings is 1. The molecule has 1 aromatic heterocycles. The van der Waals surface area contributed by atoms with Gasteiger partial charge in [0.15, 0.2) is 0 Å². The third kappa shape index (κ3) is 3.53. The number of ether oxygens (including phenoxy) is 1. The topological polar surface area (TPSA) is 75.0 Å². The lowest BCUT2D eigenvalue weighted by molar-refractivity contribution is -0.126. The molecule has 0 spiro atoms. The largest absolute Gasteiger partial charge is 0.474 e. The highest BCUT2D eigenvalue weighted by Crippen LogP contribution is 2.43. The highest BCUT2D eigenvalue weighted by atomic mass is 16.5. The molecule has 5 heteroatoms. The first-order valence-corrected chi connectivity index (χ1v) is 9.23. The van der Waals surface area contributed by atoms with Crippen LogP contribution in [-0.4, -0.2) is 23.0 Å². The van der Waals surface area contributed by atoms with Crippen molar-refractivity contribution >= 4 is 5.91 Å². The lowest BCUT2D eigenvalue weighted by Gasteiger charge is -2.30. The molecule has 2 bridgehead atoms. The first-order valence-electron chi connectivity index (χ1n) is 9.23. The van der Waals surface area contributed by atoms with Crippen LogP contribution in [-0.2, 0) is 4.79 Å². The number of carbonyl (C=O) groups excluding carboxylic acids is 1. The Bertz CT molecular complexity index is 699. The summed E-state index contributed by atoms with van der Waals surface area (Å²) >= 11 is 0. The Morgan fingerprint density at radius 3 is 2.64 bits per heavy atom. The van der Waals surface area contributed by atoms with Crippen molar-refractivity contribution in [1.29, 1.82) is 5.26 Å². The number of amides is 1. The van der Waals surface area contributed by atoms with Crippen LogP contribution < -0.4 is 10.1 Å². The number of carbonyl (C=O) groups is 1. The molecular formula is C20H23N3O2. The molecule has 0 aromatic carbocycles. The minimum atomic E-state index is 0.138. The van der Waals surface area contributed by atoms with E-state index in [4.69, 9.17) is 10.00 Å². The van der Waals surface area contributed by atoms with E-state index >= 15 is 0 Å². The van der Waals surface area contributed by atoms with Crippen molar-refractivity contribution in [2.75, 3.05) is 0 Å². The highest BCUT2D eigenvalue weighted by molar-refractivity contribution is 5.80. The van der Waals surface area contributed by atoms with Gasteiger partial charge in [0.1, 0.15) is 12.2 Å². The van der Waals surface area contributed by atoms with E-state index in [9.17, 15) is 4.79 Å². The second kappa shape index (κ2) is 6.87. The fourth-order valence-electron chi connectivity index (χ4n) is 4.40. The maximum absolute atomic E-state index is 12.5. The third-order valence-corrected chi connectivity index (χ3v) is 5.79. The maximum Gasteiger partial charge on any atom is 0.223 e. The van der Waals surface area contributed by atoms with Crippen LogP contribution in [0.25, 0.3) is 0 Å². The highest BCUT2D eigenvalue weighted by Gasteiger charge is 2.40. The monoisotopic (exact) mass is 337 g/mol. The molecule has 3 aliphatic carbocycles. The molecule has 0 saturated heterocycles. The smallest absolute Gasteiger partial charge is 0.223 e. The summed E-state index contributed by atoms with van der Waals surface area (Å²) in [7, 11) is 0. The summed E-state index contributed by atoms with van der Waals surface area (Å²) in [6.07, 6.45) is 12.1. The summed E-state index contributed by atoms with van der Waals surface area (Å²) in [4.78, 5) is 16.7. The van der Waals surface area contributed by atoms with Crippen LogP contribution in [0.3, 0.4) is 0 Å². The van der Waals surface area contributed by atoms with Gasteiger partial charge in [-0.2, -0.15) is 5.26 Å². The zero-order valence-electron chi connectivity index (χ0n) is 14.2. The Labute approximate surface area is 148 Å². The molecule has 3 aliphatic rings. The Kier molecular flexibility index (Phi) is 4.44. The number of hydrogen-bond acceptors (Lipinski definition) is 4. The first kappa shape index (κ1) is 16.1. The number of nitriles is 1. The zero-order valence-corrected chi connectivity index (χ0v) is 14.2. The van der Waals surface area contributed by atoms with Gasteiger partial charge in [-0.15, -0.1) is 0 Å². The molecular weight excluding hydrogens is 314 g/mol. The maximum atomic E-state index is 12.5. The van der Waals surface area contributed by atoms with Crippen LogP contribution in [0.2, 0.25) is 0 Å². The van der Waals surface area contributed by atoms with E-state index in [1.165, 1.54) is 6.20 Å². The number of nitrogens with one attached hydrogen (secondary N) is 1. The van der Waals surface area contributed by atoms with Gasteiger partial charge in [-0.05, 0) is 56.4 Å². The van der Waals surface area contributed by atoms with Gasteiger partial charge in [0, 0.05) is 24.2 Å². The SMILES string of the molecule is N#Cc1ccc(OC2CCC(NC(=O)[C@H]3C[C@H]4C=C[C@H]3C4)CC2)nc1. The fourth-order valence-corrected chi connectivity index (χ4v) is 4.40. The number of allylic oxidation sites excluding steroid dienone is 2. The summed E-state index contributed by atoms with van der Waals surface area (Å²) in [5.41, 5.74) is 0.536. The predicted molar refractivity (Wildman–Crippen MR) is 92.6 cm³/mol. The quantitative estimate of drug-likeness (QED) is 0.857. The van der Waals surface area contributed by atoms with Gasteiger partial charge in [-0.25, -0.2) is 4.98 Å².